The number of anilines is 1. The van der Waals surface area contributed by atoms with Gasteiger partial charge in [0.2, 0.25) is 0 Å². The SMILES string of the molecule is COc1ccc(C#CC2(C(F)(F)F)OC(=O)N(Cl)c3ccccc32)cc1. The maximum atomic E-state index is 13.9. The quantitative estimate of drug-likeness (QED) is 0.534. The molecule has 4 nitrogen and oxygen atoms in total. The highest BCUT2D eigenvalue weighted by molar-refractivity contribution is 6.36. The Morgan fingerprint density at radius 2 is 1.81 bits per heavy atom. The first-order valence-corrected chi connectivity index (χ1v) is 7.64. The van der Waals surface area contributed by atoms with Crippen molar-refractivity contribution in [2.45, 2.75) is 11.8 Å². The molecule has 0 aliphatic carbocycles. The molecular formula is C18H11ClF3NO3. The zero-order valence-electron chi connectivity index (χ0n) is 13.3. The largest absolute Gasteiger partial charge is 0.497 e. The fourth-order valence-electron chi connectivity index (χ4n) is 2.48. The van der Waals surface area contributed by atoms with Crippen LogP contribution in [0.3, 0.4) is 0 Å². The lowest BCUT2D eigenvalue weighted by atomic mass is 9.90. The summed E-state index contributed by atoms with van der Waals surface area (Å²) in [6.45, 7) is 0. The standard InChI is InChI=1S/C18H11ClF3NO3/c1-25-13-8-6-12(7-9-13)10-11-17(18(20,21)22)14-4-2-3-5-15(14)23(19)16(24)26-17/h2-9H,1H3. The molecule has 2 aromatic rings. The Kier molecular flexibility index (Phi) is 4.46. The van der Waals surface area contributed by atoms with E-state index in [1.807, 2.05) is 0 Å². The summed E-state index contributed by atoms with van der Waals surface area (Å²) in [5.74, 6) is 5.05. The predicted molar refractivity (Wildman–Crippen MR) is 88.9 cm³/mol. The minimum atomic E-state index is -4.98. The van der Waals surface area contributed by atoms with E-state index in [-0.39, 0.29) is 11.3 Å². The van der Waals surface area contributed by atoms with Gasteiger partial charge in [0, 0.05) is 22.9 Å². The van der Waals surface area contributed by atoms with Gasteiger partial charge in [-0.05, 0) is 36.3 Å². The Morgan fingerprint density at radius 1 is 1.15 bits per heavy atom. The molecule has 0 N–H and O–H groups in total. The number of cyclic esters (lactones) is 1. The molecule has 3 rings (SSSR count). The average molecular weight is 382 g/mol. The van der Waals surface area contributed by atoms with Gasteiger partial charge in [0.05, 0.1) is 12.8 Å². The first-order valence-electron chi connectivity index (χ1n) is 7.31. The van der Waals surface area contributed by atoms with E-state index in [0.29, 0.717) is 15.7 Å². The van der Waals surface area contributed by atoms with Crippen LogP contribution < -0.4 is 9.16 Å². The van der Waals surface area contributed by atoms with Gasteiger partial charge in [-0.1, -0.05) is 24.1 Å². The third kappa shape index (κ3) is 2.93. The molecule has 0 radical (unpaired) electrons. The number of nitrogens with zero attached hydrogens (tertiary/aromatic N) is 1. The second-order valence-electron chi connectivity index (χ2n) is 5.32. The summed E-state index contributed by atoms with van der Waals surface area (Å²) >= 11 is 5.75. The second kappa shape index (κ2) is 6.46. The van der Waals surface area contributed by atoms with Gasteiger partial charge in [0.1, 0.15) is 5.75 Å². The molecular weight excluding hydrogens is 371 g/mol. The van der Waals surface area contributed by atoms with E-state index in [2.05, 4.69) is 16.6 Å². The number of para-hydroxylation sites is 1. The van der Waals surface area contributed by atoms with Crippen LogP contribution in [-0.4, -0.2) is 19.4 Å². The van der Waals surface area contributed by atoms with E-state index >= 15 is 0 Å². The number of benzene rings is 2. The van der Waals surface area contributed by atoms with Crippen molar-refractivity contribution in [2.24, 2.45) is 0 Å². The van der Waals surface area contributed by atoms with E-state index in [1.165, 1.54) is 43.5 Å². The molecule has 1 unspecified atom stereocenters. The maximum Gasteiger partial charge on any atom is 0.445 e. The molecule has 1 atom stereocenters. The van der Waals surface area contributed by atoms with Crippen molar-refractivity contribution in [2.75, 3.05) is 11.5 Å². The molecule has 1 aliphatic rings. The number of halogens is 4. The van der Waals surface area contributed by atoms with Crippen LogP contribution in [0, 0.1) is 11.8 Å². The van der Waals surface area contributed by atoms with Crippen LogP contribution in [-0.2, 0) is 10.3 Å². The van der Waals surface area contributed by atoms with Crippen molar-refractivity contribution >= 4 is 23.6 Å². The zero-order chi connectivity index (χ0) is 18.9. The van der Waals surface area contributed by atoms with Gasteiger partial charge in [0.25, 0.3) is 5.60 Å². The van der Waals surface area contributed by atoms with E-state index < -0.39 is 17.9 Å². The Hall–Kier alpha value is -2.85. The lowest BCUT2D eigenvalue weighted by molar-refractivity contribution is -0.240. The van der Waals surface area contributed by atoms with Gasteiger partial charge in [-0.25, -0.2) is 4.79 Å². The van der Waals surface area contributed by atoms with Gasteiger partial charge < -0.3 is 9.47 Å². The Morgan fingerprint density at radius 3 is 2.42 bits per heavy atom. The minimum absolute atomic E-state index is 0.133. The van der Waals surface area contributed by atoms with Crippen LogP contribution in [0.25, 0.3) is 0 Å². The monoisotopic (exact) mass is 381 g/mol. The Bertz CT molecular complexity index is 902. The van der Waals surface area contributed by atoms with Crippen LogP contribution in [0.2, 0.25) is 0 Å². The number of alkyl halides is 3. The third-order valence-corrected chi connectivity index (χ3v) is 4.09. The molecule has 0 bridgehead atoms. The molecule has 0 saturated carbocycles. The van der Waals surface area contributed by atoms with E-state index in [4.69, 9.17) is 16.5 Å². The number of carbonyl (C=O) groups excluding carboxylic acids is 1. The number of carbonyl (C=O) groups is 1. The second-order valence-corrected chi connectivity index (χ2v) is 5.66. The summed E-state index contributed by atoms with van der Waals surface area (Å²) in [5.41, 5.74) is -3.31. The zero-order valence-corrected chi connectivity index (χ0v) is 14.1. The maximum absolute atomic E-state index is 13.9. The fourth-order valence-corrected chi connectivity index (χ4v) is 2.66. The van der Waals surface area contributed by atoms with Gasteiger partial charge in [-0.3, -0.25) is 0 Å². The fraction of sp³-hybridized carbons (Fsp3) is 0.167. The third-order valence-electron chi connectivity index (χ3n) is 3.77. The Balaban J connectivity index is 2.16. The van der Waals surface area contributed by atoms with Crippen molar-refractivity contribution in [3.63, 3.8) is 0 Å². The molecule has 8 heteroatoms. The molecule has 0 aromatic heterocycles. The van der Waals surface area contributed by atoms with Gasteiger partial charge in [0.15, 0.2) is 0 Å². The lowest BCUT2D eigenvalue weighted by Crippen LogP contribution is -2.51. The van der Waals surface area contributed by atoms with Gasteiger partial charge >= 0.3 is 12.3 Å². The number of fused-ring (bicyclic) bond motifs is 1. The molecule has 0 spiro atoms. The first kappa shape index (κ1) is 18.0. The van der Waals surface area contributed by atoms with Crippen LogP contribution in [0.1, 0.15) is 11.1 Å². The molecule has 2 aromatic carbocycles. The number of methoxy groups -OCH3 is 1. The normalized spacial score (nSPS) is 19.1. The van der Waals surface area contributed by atoms with Gasteiger partial charge in [-0.2, -0.15) is 17.6 Å². The molecule has 134 valence electrons. The topological polar surface area (TPSA) is 38.8 Å². The first-order chi connectivity index (χ1) is 12.3. The highest BCUT2D eigenvalue weighted by Crippen LogP contribution is 2.49. The number of rotatable bonds is 1. The number of hydrogen-bond donors (Lipinski definition) is 0. The molecule has 26 heavy (non-hydrogen) atoms. The molecule has 0 fully saturated rings. The number of hydrogen-bond acceptors (Lipinski definition) is 3. The smallest absolute Gasteiger partial charge is 0.445 e. The minimum Gasteiger partial charge on any atom is -0.497 e. The highest BCUT2D eigenvalue weighted by Gasteiger charge is 2.63. The number of ether oxygens (including phenoxy) is 2. The summed E-state index contributed by atoms with van der Waals surface area (Å²) in [7, 11) is 1.47. The van der Waals surface area contributed by atoms with Crippen LogP contribution in [0.5, 0.6) is 5.75 Å². The van der Waals surface area contributed by atoms with Crippen LogP contribution in [0.15, 0.2) is 48.5 Å². The van der Waals surface area contributed by atoms with E-state index in [0.717, 1.165) is 0 Å². The van der Waals surface area contributed by atoms with Crippen molar-refractivity contribution in [1.29, 1.82) is 0 Å². The van der Waals surface area contributed by atoms with Crippen molar-refractivity contribution in [1.82, 2.24) is 0 Å². The molecule has 1 heterocycles. The summed E-state index contributed by atoms with van der Waals surface area (Å²) < 4.78 is 52.0. The molecule has 0 saturated heterocycles. The summed E-state index contributed by atoms with van der Waals surface area (Å²) in [5, 5.41) is 0. The van der Waals surface area contributed by atoms with Crippen molar-refractivity contribution in [3.8, 4) is 17.6 Å². The molecule has 1 aliphatic heterocycles. The van der Waals surface area contributed by atoms with Crippen LogP contribution in [0.4, 0.5) is 23.7 Å². The van der Waals surface area contributed by atoms with Crippen molar-refractivity contribution in [3.05, 3.63) is 59.7 Å². The van der Waals surface area contributed by atoms with E-state index in [9.17, 15) is 18.0 Å². The van der Waals surface area contributed by atoms with E-state index in [1.54, 1.807) is 12.1 Å². The highest BCUT2D eigenvalue weighted by atomic mass is 35.5. The predicted octanol–water partition coefficient (Wildman–Crippen LogP) is 4.61. The summed E-state index contributed by atoms with van der Waals surface area (Å²) in [6.07, 6.45) is -6.33. The lowest BCUT2D eigenvalue weighted by Gasteiger charge is -2.37. The summed E-state index contributed by atoms with van der Waals surface area (Å²) in [4.78, 5) is 11.9. The van der Waals surface area contributed by atoms with Crippen LogP contribution >= 0.6 is 11.8 Å². The molecule has 1 amide bonds. The number of amides is 1. The van der Waals surface area contributed by atoms with Gasteiger partial charge in [-0.15, -0.1) is 0 Å². The summed E-state index contributed by atoms with van der Waals surface area (Å²) in [6, 6.07) is 11.4. The van der Waals surface area contributed by atoms with Crippen molar-refractivity contribution < 1.29 is 27.4 Å². The Labute approximate surface area is 152 Å². The average Bonchev–Trinajstić information content (AvgIpc) is 2.63.